The van der Waals surface area contributed by atoms with Gasteiger partial charge in [-0.25, -0.2) is 9.36 Å². The normalized spacial score (nSPS) is 36.9. The monoisotopic (exact) mass is 276 g/mol. The number of phosphoric acid groups is 1. The van der Waals surface area contributed by atoms with Crippen molar-refractivity contribution in [3.05, 3.63) is 0 Å². The van der Waals surface area contributed by atoms with E-state index in [9.17, 15) is 22.5 Å². The van der Waals surface area contributed by atoms with E-state index in [1.807, 2.05) is 0 Å². The van der Waals surface area contributed by atoms with Crippen molar-refractivity contribution in [2.75, 3.05) is 26.4 Å². The van der Waals surface area contributed by atoms with Gasteiger partial charge in [-0.1, -0.05) is 0 Å². The van der Waals surface area contributed by atoms with Crippen LogP contribution < -0.4 is 0 Å². The summed E-state index contributed by atoms with van der Waals surface area (Å²) in [7, 11) is -3.51. The number of alkyl halides is 3. The molecule has 0 spiro atoms. The van der Waals surface area contributed by atoms with Crippen molar-refractivity contribution < 1.29 is 40.8 Å². The molecular formula is C7H8F3O6P. The van der Waals surface area contributed by atoms with E-state index in [4.69, 9.17) is 13.6 Å². The second kappa shape index (κ2) is 3.94. The van der Waals surface area contributed by atoms with Crippen LogP contribution in [0.5, 0.6) is 0 Å². The van der Waals surface area contributed by atoms with Crippen LogP contribution in [-0.4, -0.2) is 38.6 Å². The Morgan fingerprint density at radius 2 is 1.71 bits per heavy atom. The molecule has 3 aliphatic heterocycles. The van der Waals surface area contributed by atoms with Crippen LogP contribution in [0.25, 0.3) is 0 Å². The summed E-state index contributed by atoms with van der Waals surface area (Å²) in [5.41, 5.74) is -1.02. The fourth-order valence-corrected chi connectivity index (χ4v) is 2.83. The summed E-state index contributed by atoms with van der Waals surface area (Å²) < 4.78 is 65.3. The largest absolute Gasteiger partial charge is 0.490 e. The molecule has 3 rings (SSSR count). The summed E-state index contributed by atoms with van der Waals surface area (Å²) in [6, 6.07) is 0. The zero-order chi connectivity index (χ0) is 12.7. The minimum atomic E-state index is -5.04. The first-order chi connectivity index (χ1) is 7.75. The molecule has 0 unspecified atom stereocenters. The molecule has 17 heavy (non-hydrogen) atoms. The summed E-state index contributed by atoms with van der Waals surface area (Å²) >= 11 is 0. The van der Waals surface area contributed by atoms with Crippen LogP contribution in [0.1, 0.15) is 0 Å². The minimum Gasteiger partial charge on any atom is -0.458 e. The molecule has 2 bridgehead atoms. The fourth-order valence-electron chi connectivity index (χ4n) is 1.31. The van der Waals surface area contributed by atoms with Gasteiger partial charge in [0, 0.05) is 0 Å². The topological polar surface area (TPSA) is 71.1 Å². The SMILES string of the molecule is O=C(OCC12COP(=O)(OC1)OC2)C(F)(F)F. The van der Waals surface area contributed by atoms with E-state index in [0.717, 1.165) is 0 Å². The minimum absolute atomic E-state index is 0.130. The summed E-state index contributed by atoms with van der Waals surface area (Å²) in [4.78, 5) is 10.5. The third-order valence-corrected chi connectivity index (χ3v) is 3.66. The number of hydrogen-bond donors (Lipinski definition) is 0. The number of esters is 1. The van der Waals surface area contributed by atoms with Crippen molar-refractivity contribution in [2.45, 2.75) is 6.18 Å². The molecule has 0 aromatic heterocycles. The molecule has 3 aliphatic rings. The lowest BCUT2D eigenvalue weighted by Crippen LogP contribution is -2.48. The Hall–Kier alpha value is -0.630. The van der Waals surface area contributed by atoms with Crippen LogP contribution in [0.3, 0.4) is 0 Å². The average Bonchev–Trinajstić information content (AvgIpc) is 2.27. The van der Waals surface area contributed by atoms with E-state index in [1.165, 1.54) is 0 Å². The molecule has 6 nitrogen and oxygen atoms in total. The predicted octanol–water partition coefficient (Wildman–Crippen LogP) is 1.26. The van der Waals surface area contributed by atoms with Crippen molar-refractivity contribution in [1.29, 1.82) is 0 Å². The van der Waals surface area contributed by atoms with Gasteiger partial charge in [-0.3, -0.25) is 13.6 Å². The molecule has 10 heteroatoms. The number of fused-ring (bicyclic) bond motifs is 3. The Labute approximate surface area is 93.6 Å². The van der Waals surface area contributed by atoms with Crippen molar-refractivity contribution >= 4 is 13.8 Å². The lowest BCUT2D eigenvalue weighted by atomic mass is 9.92. The first-order valence-corrected chi connectivity index (χ1v) is 5.98. The summed E-state index contributed by atoms with van der Waals surface area (Å²) in [5.74, 6) is -2.29. The third-order valence-electron chi connectivity index (χ3n) is 2.33. The molecular weight excluding hydrogens is 268 g/mol. The molecule has 0 saturated carbocycles. The van der Waals surface area contributed by atoms with Crippen LogP contribution in [0.15, 0.2) is 0 Å². The van der Waals surface area contributed by atoms with E-state index in [-0.39, 0.29) is 19.8 Å². The van der Waals surface area contributed by atoms with Gasteiger partial charge >= 0.3 is 20.0 Å². The Morgan fingerprint density at radius 3 is 2.12 bits per heavy atom. The maximum Gasteiger partial charge on any atom is 0.490 e. The zero-order valence-corrected chi connectivity index (χ0v) is 9.25. The summed E-state index contributed by atoms with van der Waals surface area (Å²) in [5, 5.41) is 0. The fraction of sp³-hybridized carbons (Fsp3) is 0.857. The van der Waals surface area contributed by atoms with Gasteiger partial charge in [0.25, 0.3) is 0 Å². The van der Waals surface area contributed by atoms with Crippen molar-refractivity contribution in [1.82, 2.24) is 0 Å². The average molecular weight is 276 g/mol. The van der Waals surface area contributed by atoms with Gasteiger partial charge in [-0.15, -0.1) is 0 Å². The van der Waals surface area contributed by atoms with Crippen molar-refractivity contribution in [2.24, 2.45) is 5.41 Å². The van der Waals surface area contributed by atoms with Gasteiger partial charge in [0.05, 0.1) is 25.2 Å². The Bertz CT molecular complexity index is 349. The number of rotatable bonds is 2. The van der Waals surface area contributed by atoms with Gasteiger partial charge in [-0.05, 0) is 0 Å². The summed E-state index contributed by atoms with van der Waals surface area (Å²) in [6.07, 6.45) is -5.04. The maximum absolute atomic E-state index is 11.9. The van der Waals surface area contributed by atoms with Crippen molar-refractivity contribution in [3.63, 3.8) is 0 Å². The van der Waals surface area contributed by atoms with E-state index >= 15 is 0 Å². The first kappa shape index (κ1) is 12.8. The van der Waals surface area contributed by atoms with E-state index in [1.54, 1.807) is 0 Å². The Balaban J connectivity index is 1.92. The smallest absolute Gasteiger partial charge is 0.458 e. The van der Waals surface area contributed by atoms with Crippen LogP contribution in [0.4, 0.5) is 13.2 Å². The Kier molecular flexibility index (Phi) is 2.97. The van der Waals surface area contributed by atoms with Crippen LogP contribution >= 0.6 is 7.82 Å². The number of ether oxygens (including phenoxy) is 1. The first-order valence-electron chi connectivity index (χ1n) is 4.52. The quantitative estimate of drug-likeness (QED) is 0.558. The lowest BCUT2D eigenvalue weighted by molar-refractivity contribution is -0.208. The number of halogens is 3. The number of hydrogen-bond acceptors (Lipinski definition) is 6. The molecule has 0 N–H and O–H groups in total. The van der Waals surface area contributed by atoms with E-state index in [0.29, 0.717) is 0 Å². The highest BCUT2D eigenvalue weighted by Crippen LogP contribution is 2.59. The van der Waals surface area contributed by atoms with Gasteiger partial charge in [0.15, 0.2) is 0 Å². The van der Waals surface area contributed by atoms with Gasteiger partial charge < -0.3 is 4.74 Å². The highest BCUT2D eigenvalue weighted by Gasteiger charge is 2.52. The highest BCUT2D eigenvalue weighted by atomic mass is 31.2. The molecule has 0 atom stereocenters. The van der Waals surface area contributed by atoms with Crippen LogP contribution in [-0.2, 0) is 27.7 Å². The third kappa shape index (κ3) is 2.62. The molecule has 0 aromatic rings. The second-order valence-corrected chi connectivity index (χ2v) is 5.51. The Morgan fingerprint density at radius 1 is 1.24 bits per heavy atom. The molecule has 98 valence electrons. The predicted molar refractivity (Wildman–Crippen MR) is 44.9 cm³/mol. The highest BCUT2D eigenvalue weighted by molar-refractivity contribution is 7.48. The molecule has 3 saturated heterocycles. The van der Waals surface area contributed by atoms with E-state index < -0.39 is 32.0 Å². The lowest BCUT2D eigenvalue weighted by Gasteiger charge is -2.43. The van der Waals surface area contributed by atoms with E-state index in [2.05, 4.69) is 4.74 Å². The molecule has 0 amide bonds. The number of phosphoric ester groups is 1. The molecule has 0 radical (unpaired) electrons. The number of carbonyl (C=O) groups is 1. The van der Waals surface area contributed by atoms with Gasteiger partial charge in [0.2, 0.25) is 0 Å². The molecule has 3 heterocycles. The zero-order valence-electron chi connectivity index (χ0n) is 8.36. The van der Waals surface area contributed by atoms with Gasteiger partial charge in [-0.2, -0.15) is 13.2 Å². The van der Waals surface area contributed by atoms with Gasteiger partial charge in [0.1, 0.15) is 6.61 Å². The van der Waals surface area contributed by atoms with Crippen LogP contribution in [0, 0.1) is 5.41 Å². The van der Waals surface area contributed by atoms with Crippen LogP contribution in [0.2, 0.25) is 0 Å². The standard InChI is InChI=1S/C7H8F3O6P/c8-7(9,10)5(11)13-1-6-2-14-17(12,15-3-6)16-4-6/h1-4H2. The number of carbonyl (C=O) groups excluding carboxylic acids is 1. The summed E-state index contributed by atoms with van der Waals surface area (Å²) in [6.45, 7) is -0.953. The molecule has 0 aliphatic carbocycles. The molecule has 0 aromatic carbocycles. The van der Waals surface area contributed by atoms with Crippen molar-refractivity contribution in [3.8, 4) is 0 Å². The maximum atomic E-state index is 11.9. The second-order valence-electron chi connectivity index (χ2n) is 3.84. The molecule has 3 fully saturated rings.